The molecule has 0 radical (unpaired) electrons. The molecule has 0 amide bonds. The van der Waals surface area contributed by atoms with E-state index in [1.54, 1.807) is 25.3 Å². The average molecular weight is 476 g/mol. The first-order chi connectivity index (χ1) is 14.5. The summed E-state index contributed by atoms with van der Waals surface area (Å²) in [7, 11) is 1.61. The van der Waals surface area contributed by atoms with Gasteiger partial charge in [-0.25, -0.2) is 0 Å². The molecule has 2 aromatic carbocycles. The number of rotatable bonds is 6. The van der Waals surface area contributed by atoms with Crippen LogP contribution >= 0.6 is 23.4 Å². The van der Waals surface area contributed by atoms with Gasteiger partial charge in [0.05, 0.1) is 7.11 Å². The van der Waals surface area contributed by atoms with Crippen molar-refractivity contribution in [3.05, 3.63) is 101 Å². The maximum Gasteiger partial charge on any atom is 1.00 e. The number of allylic oxidation sites excluding steroid dienone is 4. The van der Waals surface area contributed by atoms with E-state index in [4.69, 9.17) is 27.5 Å². The number of para-hydroxylation sites is 1. The van der Waals surface area contributed by atoms with E-state index in [2.05, 4.69) is 23.7 Å². The molecule has 0 aliphatic heterocycles. The predicted octanol–water partition coefficient (Wildman–Crippen LogP) is 3.20. The summed E-state index contributed by atoms with van der Waals surface area (Å²) in [6.07, 6.45) is 5.38. The van der Waals surface area contributed by atoms with Crippen molar-refractivity contribution in [3.8, 4) is 17.6 Å². The Morgan fingerprint density at radius 2 is 1.94 bits per heavy atom. The van der Waals surface area contributed by atoms with E-state index in [-0.39, 0.29) is 56.6 Å². The van der Waals surface area contributed by atoms with Gasteiger partial charge in [0.25, 0.3) is 0 Å². The van der Waals surface area contributed by atoms with Gasteiger partial charge in [-0.15, -0.1) is 11.8 Å². The normalized spacial score (nSPS) is 12.0. The second-order valence-corrected chi connectivity index (χ2v) is 7.50. The van der Waals surface area contributed by atoms with Gasteiger partial charge >= 0.3 is 51.4 Å². The molecule has 31 heavy (non-hydrogen) atoms. The minimum atomic E-state index is -0.595. The number of amidine groups is 1. The van der Waals surface area contributed by atoms with Crippen LogP contribution in [0.15, 0.2) is 79.0 Å². The van der Waals surface area contributed by atoms with Crippen LogP contribution in [0.25, 0.3) is 10.9 Å². The second-order valence-electron chi connectivity index (χ2n) is 5.93. The summed E-state index contributed by atoms with van der Waals surface area (Å²) in [4.78, 5) is 0. The van der Waals surface area contributed by atoms with Crippen molar-refractivity contribution in [2.24, 2.45) is 5.73 Å². The number of thioether (sulfide) groups is 1. The number of hydrogen-bond acceptors (Lipinski definition) is 4. The quantitative estimate of drug-likeness (QED) is 0.168. The summed E-state index contributed by atoms with van der Waals surface area (Å²) in [5, 5.41) is 12.8. The SMILES string of the molecule is C=C/C(=C(\C=C/C)[N-]C(=N)SC(N)C#Cc1ccc(Cl)cc1)c1ccccc1OC.[K+]. The van der Waals surface area contributed by atoms with Crippen molar-refractivity contribution in [2.75, 3.05) is 7.11 Å². The van der Waals surface area contributed by atoms with Crippen molar-refractivity contribution in [2.45, 2.75) is 12.3 Å². The Morgan fingerprint density at radius 1 is 1.26 bits per heavy atom. The molecule has 1 unspecified atom stereocenters. The van der Waals surface area contributed by atoms with Gasteiger partial charge in [0.2, 0.25) is 0 Å². The Labute approximate surface area is 236 Å². The Hall–Kier alpha value is -1.27. The first-order valence-corrected chi connectivity index (χ1v) is 10.4. The third-order valence-corrected chi connectivity index (χ3v) is 4.80. The van der Waals surface area contributed by atoms with E-state index in [0.717, 1.165) is 28.5 Å². The van der Waals surface area contributed by atoms with Gasteiger partial charge in [0.15, 0.2) is 0 Å². The largest absolute Gasteiger partial charge is 1.00 e. The van der Waals surface area contributed by atoms with Gasteiger partial charge in [-0.2, -0.15) is 0 Å². The molecule has 0 heterocycles. The van der Waals surface area contributed by atoms with Crippen molar-refractivity contribution in [1.82, 2.24) is 0 Å². The van der Waals surface area contributed by atoms with E-state index in [0.29, 0.717) is 16.5 Å². The van der Waals surface area contributed by atoms with Crippen LogP contribution in [0.2, 0.25) is 5.02 Å². The van der Waals surface area contributed by atoms with Crippen LogP contribution in [0.5, 0.6) is 5.75 Å². The second kappa shape index (κ2) is 14.7. The Kier molecular flexibility index (Phi) is 13.2. The molecular formula is C24H23ClKN3OS. The summed E-state index contributed by atoms with van der Waals surface area (Å²) in [6, 6.07) is 14.8. The van der Waals surface area contributed by atoms with Crippen molar-refractivity contribution >= 4 is 34.1 Å². The van der Waals surface area contributed by atoms with E-state index in [9.17, 15) is 0 Å². The van der Waals surface area contributed by atoms with Gasteiger partial charge in [-0.1, -0.05) is 66.4 Å². The summed E-state index contributed by atoms with van der Waals surface area (Å²) in [6.45, 7) is 5.80. The van der Waals surface area contributed by atoms with Crippen LogP contribution in [0.3, 0.4) is 0 Å². The fourth-order valence-corrected chi connectivity index (χ4v) is 3.17. The number of nitrogens with one attached hydrogen (secondary N) is 1. The van der Waals surface area contributed by atoms with Crippen LogP contribution < -0.4 is 61.9 Å². The minimum absolute atomic E-state index is 0. The molecule has 0 bridgehead atoms. The number of benzene rings is 2. The predicted molar refractivity (Wildman–Crippen MR) is 130 cm³/mol. The summed E-state index contributed by atoms with van der Waals surface area (Å²) in [5.41, 5.74) is 9.05. The molecule has 4 nitrogen and oxygen atoms in total. The van der Waals surface area contributed by atoms with E-state index in [1.165, 1.54) is 0 Å². The van der Waals surface area contributed by atoms with Crippen LogP contribution in [0.1, 0.15) is 18.1 Å². The number of hydrogen-bond donors (Lipinski definition) is 2. The van der Waals surface area contributed by atoms with Gasteiger partial charge < -0.3 is 21.2 Å². The third kappa shape index (κ3) is 9.01. The van der Waals surface area contributed by atoms with Crippen molar-refractivity contribution in [1.29, 1.82) is 5.41 Å². The Morgan fingerprint density at radius 3 is 2.55 bits per heavy atom. The molecule has 0 aromatic heterocycles. The third-order valence-electron chi connectivity index (χ3n) is 3.87. The zero-order chi connectivity index (χ0) is 21.9. The Balaban J connectivity index is 0.00000480. The standard InChI is InChI=1S/C24H23ClN3OS.K/c1-4-8-21(19(5-2)20-9-6-7-10-22(20)29-3)28-24(27)30-23(26)16-13-17-11-14-18(25)15-12-17;/h4-12,14-15,23H,2,26H2,1,3H3,(H-,27,28);/q-1;+1/b8-4-,21-19-;. The fourth-order valence-electron chi connectivity index (χ4n) is 2.54. The molecule has 0 aliphatic carbocycles. The first-order valence-electron chi connectivity index (χ1n) is 9.11. The van der Waals surface area contributed by atoms with Gasteiger partial charge in [0, 0.05) is 16.1 Å². The summed E-state index contributed by atoms with van der Waals surface area (Å²) >= 11 is 6.95. The zero-order valence-corrected chi connectivity index (χ0v) is 22.5. The summed E-state index contributed by atoms with van der Waals surface area (Å²) < 4.78 is 5.45. The van der Waals surface area contributed by atoms with Crippen molar-refractivity contribution in [3.63, 3.8) is 0 Å². The van der Waals surface area contributed by atoms with Crippen molar-refractivity contribution < 1.29 is 56.1 Å². The molecule has 154 valence electrons. The van der Waals surface area contributed by atoms with Gasteiger partial charge in [-0.3, -0.25) is 0 Å². The molecule has 0 spiro atoms. The molecule has 3 N–H and O–H groups in total. The van der Waals surface area contributed by atoms with E-state index < -0.39 is 5.37 Å². The van der Waals surface area contributed by atoms with E-state index >= 15 is 0 Å². The monoisotopic (exact) mass is 475 g/mol. The summed E-state index contributed by atoms with van der Waals surface area (Å²) in [5.74, 6) is 6.60. The topological polar surface area (TPSA) is 73.2 Å². The number of halogens is 1. The molecule has 7 heteroatoms. The number of ether oxygens (including phenoxy) is 1. The molecule has 1 atom stereocenters. The van der Waals surface area contributed by atoms with E-state index in [1.807, 2.05) is 55.5 Å². The van der Waals surface area contributed by atoms with Crippen LogP contribution in [-0.4, -0.2) is 17.7 Å². The van der Waals surface area contributed by atoms with Gasteiger partial charge in [0.1, 0.15) is 11.1 Å². The van der Waals surface area contributed by atoms with Gasteiger partial charge in [-0.05, 0) is 53.7 Å². The fraction of sp³-hybridized carbons (Fsp3) is 0.125. The van der Waals surface area contributed by atoms with Crippen LogP contribution in [0.4, 0.5) is 0 Å². The molecule has 0 saturated carbocycles. The van der Waals surface area contributed by atoms with Crippen LogP contribution in [-0.2, 0) is 0 Å². The zero-order valence-electron chi connectivity index (χ0n) is 17.9. The molecule has 0 fully saturated rings. The average Bonchev–Trinajstić information content (AvgIpc) is 2.74. The minimum Gasteiger partial charge on any atom is -0.496 e. The molecule has 0 saturated heterocycles. The smallest absolute Gasteiger partial charge is 0.496 e. The maximum atomic E-state index is 8.27. The molecular weight excluding hydrogens is 453 g/mol. The number of nitrogens with zero attached hydrogens (tertiary/aromatic N) is 1. The molecule has 2 rings (SSSR count). The molecule has 2 aromatic rings. The van der Waals surface area contributed by atoms with Crippen LogP contribution in [0, 0.1) is 17.3 Å². The Bertz CT molecular complexity index is 1020. The molecule has 0 aliphatic rings. The number of methoxy groups -OCH3 is 1. The maximum absolute atomic E-state index is 8.27. The first kappa shape index (κ1) is 27.8. The number of nitrogens with two attached hydrogens (primary N) is 1.